The Kier molecular flexibility index (Phi) is 8.11. The lowest BCUT2D eigenvalue weighted by molar-refractivity contribution is -0.137. The molecule has 0 saturated carbocycles. The number of hydrogen-bond donors (Lipinski definition) is 1. The lowest BCUT2D eigenvalue weighted by atomic mass is 9.99. The third-order valence-electron chi connectivity index (χ3n) is 5.84. The topological polar surface area (TPSA) is 88.5 Å². The van der Waals surface area contributed by atoms with Gasteiger partial charge in [-0.3, -0.25) is 14.5 Å². The summed E-state index contributed by atoms with van der Waals surface area (Å²) in [5.41, 5.74) is 1.29. The number of methoxy groups -OCH3 is 3. The van der Waals surface area contributed by atoms with Crippen molar-refractivity contribution in [1.29, 1.82) is 0 Å². The fourth-order valence-electron chi connectivity index (χ4n) is 4.13. The number of hydrogen-bond acceptors (Lipinski definition) is 6. The molecule has 0 unspecified atom stereocenters. The average Bonchev–Trinajstić information content (AvgIpc) is 2.84. The molecule has 1 atom stereocenters. The molecule has 2 aromatic carbocycles. The lowest BCUT2D eigenvalue weighted by Crippen LogP contribution is -2.49. The van der Waals surface area contributed by atoms with Crippen molar-refractivity contribution in [2.45, 2.75) is 18.9 Å². The van der Waals surface area contributed by atoms with Crippen LogP contribution in [0.25, 0.3) is 0 Å². The fraction of sp³-hybridized carbons (Fsp3) is 0.417. The zero-order valence-corrected chi connectivity index (χ0v) is 19.0. The zero-order chi connectivity index (χ0) is 24.0. The molecule has 1 aliphatic heterocycles. The zero-order valence-electron chi connectivity index (χ0n) is 19.0. The molecule has 2 aromatic rings. The Morgan fingerprint density at radius 2 is 1.55 bits per heavy atom. The summed E-state index contributed by atoms with van der Waals surface area (Å²) in [7, 11) is 4.50. The van der Waals surface area contributed by atoms with Crippen molar-refractivity contribution < 1.29 is 33.3 Å². The second kappa shape index (κ2) is 11.0. The van der Waals surface area contributed by atoms with Gasteiger partial charge < -0.3 is 24.2 Å². The summed E-state index contributed by atoms with van der Waals surface area (Å²) in [5.74, 6) is -0.137. The number of nitrogens with zero attached hydrogens (tertiary/aromatic N) is 2. The van der Waals surface area contributed by atoms with Crippen LogP contribution in [0.3, 0.4) is 0 Å². The van der Waals surface area contributed by atoms with Crippen LogP contribution in [0.5, 0.6) is 17.2 Å². The third-order valence-corrected chi connectivity index (χ3v) is 5.84. The summed E-state index contributed by atoms with van der Waals surface area (Å²) in [6.45, 7) is 2.08. The minimum atomic E-state index is -0.877. The van der Waals surface area contributed by atoms with Gasteiger partial charge >= 0.3 is 5.97 Å². The van der Waals surface area contributed by atoms with Crippen LogP contribution >= 0.6 is 0 Å². The van der Waals surface area contributed by atoms with Gasteiger partial charge in [0.1, 0.15) is 5.82 Å². The van der Waals surface area contributed by atoms with Gasteiger partial charge in [0.25, 0.3) is 5.91 Å². The van der Waals surface area contributed by atoms with Gasteiger partial charge in [-0.2, -0.15) is 0 Å². The first-order chi connectivity index (χ1) is 15.9. The second-order valence-electron chi connectivity index (χ2n) is 7.74. The molecule has 1 fully saturated rings. The van der Waals surface area contributed by atoms with Crippen molar-refractivity contribution in [1.82, 2.24) is 9.80 Å². The third kappa shape index (κ3) is 5.73. The SMILES string of the molecule is COc1cc(C(=O)N2CCN([C@@H](CCC(=O)O)c3ccc(F)cc3)CC2)cc(OC)c1OC. The normalized spacial score (nSPS) is 15.1. The predicted molar refractivity (Wildman–Crippen MR) is 120 cm³/mol. The number of aliphatic carboxylic acids is 1. The quantitative estimate of drug-likeness (QED) is 0.615. The monoisotopic (exact) mass is 460 g/mol. The van der Waals surface area contributed by atoms with E-state index >= 15 is 0 Å². The van der Waals surface area contributed by atoms with Crippen LogP contribution < -0.4 is 14.2 Å². The van der Waals surface area contributed by atoms with E-state index in [1.165, 1.54) is 33.5 Å². The van der Waals surface area contributed by atoms with E-state index in [1.807, 2.05) is 0 Å². The molecule has 1 N–H and O–H groups in total. The van der Waals surface area contributed by atoms with Gasteiger partial charge in [-0.25, -0.2) is 4.39 Å². The van der Waals surface area contributed by atoms with Crippen molar-refractivity contribution in [3.05, 3.63) is 53.3 Å². The standard InChI is InChI=1S/C24H29FN2O6/c1-31-20-14-17(15-21(32-2)23(20)33-3)24(30)27-12-10-26(11-13-27)19(8-9-22(28)29)16-4-6-18(25)7-5-16/h4-7,14-15,19H,8-13H2,1-3H3,(H,28,29)/t19-/m0/s1. The van der Waals surface area contributed by atoms with Crippen LogP contribution in [0.15, 0.2) is 36.4 Å². The number of benzene rings is 2. The molecule has 3 rings (SSSR count). The van der Waals surface area contributed by atoms with E-state index in [-0.39, 0.29) is 24.2 Å². The molecule has 0 radical (unpaired) electrons. The molecule has 0 bridgehead atoms. The van der Waals surface area contributed by atoms with Crippen LogP contribution in [0, 0.1) is 5.82 Å². The fourth-order valence-corrected chi connectivity index (χ4v) is 4.13. The molecule has 9 heteroatoms. The molecule has 1 aliphatic rings. The number of carboxylic acid groups (broad SMARTS) is 1. The number of piperazine rings is 1. The molecule has 1 amide bonds. The van der Waals surface area contributed by atoms with Crippen LogP contribution in [-0.4, -0.2) is 74.3 Å². The van der Waals surface area contributed by atoms with Crippen LogP contribution in [-0.2, 0) is 4.79 Å². The van der Waals surface area contributed by atoms with Gasteiger partial charge in [-0.1, -0.05) is 12.1 Å². The van der Waals surface area contributed by atoms with Crippen molar-refractivity contribution in [2.75, 3.05) is 47.5 Å². The number of ether oxygens (including phenoxy) is 3. The molecule has 178 valence electrons. The Labute approximate surface area is 192 Å². The van der Waals surface area contributed by atoms with E-state index < -0.39 is 5.97 Å². The van der Waals surface area contributed by atoms with Gasteiger partial charge in [0.05, 0.1) is 21.3 Å². The lowest BCUT2D eigenvalue weighted by Gasteiger charge is -2.39. The average molecular weight is 461 g/mol. The molecular weight excluding hydrogens is 431 g/mol. The van der Waals surface area contributed by atoms with Crippen molar-refractivity contribution in [3.8, 4) is 17.2 Å². The van der Waals surface area contributed by atoms with Gasteiger partial charge in [0.2, 0.25) is 5.75 Å². The number of amides is 1. The molecule has 33 heavy (non-hydrogen) atoms. The molecule has 1 saturated heterocycles. The Morgan fingerprint density at radius 1 is 0.970 bits per heavy atom. The minimum Gasteiger partial charge on any atom is -0.493 e. The predicted octanol–water partition coefficient (Wildman–Crippen LogP) is 3.22. The largest absolute Gasteiger partial charge is 0.493 e. The highest BCUT2D eigenvalue weighted by molar-refractivity contribution is 5.95. The maximum absolute atomic E-state index is 13.4. The van der Waals surface area contributed by atoms with Crippen molar-refractivity contribution >= 4 is 11.9 Å². The Hall–Kier alpha value is -3.33. The highest BCUT2D eigenvalue weighted by atomic mass is 19.1. The molecule has 0 aromatic heterocycles. The van der Waals surface area contributed by atoms with Gasteiger partial charge in [-0.05, 0) is 36.2 Å². The Balaban J connectivity index is 1.73. The number of carboxylic acids is 1. The molecule has 8 nitrogen and oxygen atoms in total. The molecule has 0 aliphatic carbocycles. The van der Waals surface area contributed by atoms with Gasteiger partial charge in [0, 0.05) is 44.2 Å². The van der Waals surface area contributed by atoms with Gasteiger partial charge in [-0.15, -0.1) is 0 Å². The van der Waals surface area contributed by atoms with E-state index in [0.29, 0.717) is 55.4 Å². The number of rotatable bonds is 9. The first-order valence-corrected chi connectivity index (χ1v) is 10.7. The first kappa shape index (κ1) is 24.3. The van der Waals surface area contributed by atoms with Gasteiger partial charge in [0.15, 0.2) is 11.5 Å². The van der Waals surface area contributed by atoms with E-state index in [1.54, 1.807) is 29.2 Å². The maximum atomic E-state index is 13.4. The highest BCUT2D eigenvalue weighted by Gasteiger charge is 2.29. The summed E-state index contributed by atoms with van der Waals surface area (Å²) >= 11 is 0. The van der Waals surface area contributed by atoms with E-state index in [9.17, 15) is 14.0 Å². The first-order valence-electron chi connectivity index (χ1n) is 10.7. The maximum Gasteiger partial charge on any atom is 0.303 e. The van der Waals surface area contributed by atoms with Crippen LogP contribution in [0.2, 0.25) is 0 Å². The van der Waals surface area contributed by atoms with Crippen molar-refractivity contribution in [3.63, 3.8) is 0 Å². The van der Waals surface area contributed by atoms with Crippen LogP contribution in [0.4, 0.5) is 4.39 Å². The highest BCUT2D eigenvalue weighted by Crippen LogP contribution is 2.38. The summed E-state index contributed by atoms with van der Waals surface area (Å²) in [6, 6.07) is 9.24. The Morgan fingerprint density at radius 3 is 2.03 bits per heavy atom. The smallest absolute Gasteiger partial charge is 0.303 e. The van der Waals surface area contributed by atoms with E-state index in [4.69, 9.17) is 19.3 Å². The summed E-state index contributed by atoms with van der Waals surface area (Å²) in [4.78, 5) is 28.2. The molecular formula is C24H29FN2O6. The van der Waals surface area contributed by atoms with Crippen LogP contribution in [0.1, 0.15) is 34.8 Å². The Bertz CT molecular complexity index is 948. The van der Waals surface area contributed by atoms with E-state index in [2.05, 4.69) is 4.90 Å². The number of carbonyl (C=O) groups is 2. The number of carbonyl (C=O) groups excluding carboxylic acids is 1. The summed E-state index contributed by atoms with van der Waals surface area (Å²) in [6.07, 6.45) is 0.411. The molecule has 0 spiro atoms. The number of halogens is 1. The summed E-state index contributed by atoms with van der Waals surface area (Å²) in [5, 5.41) is 9.15. The van der Waals surface area contributed by atoms with Crippen molar-refractivity contribution in [2.24, 2.45) is 0 Å². The minimum absolute atomic E-state index is 0.00657. The second-order valence-corrected chi connectivity index (χ2v) is 7.74. The summed E-state index contributed by atoms with van der Waals surface area (Å²) < 4.78 is 29.4. The van der Waals surface area contributed by atoms with E-state index in [0.717, 1.165) is 5.56 Å². The molecule has 1 heterocycles.